The first-order valence-corrected chi connectivity index (χ1v) is 9.03. The van der Waals surface area contributed by atoms with Crippen LogP contribution in [0.1, 0.15) is 66.2 Å². The summed E-state index contributed by atoms with van der Waals surface area (Å²) in [5.41, 5.74) is 0. The minimum atomic E-state index is -0.638. The predicted molar refractivity (Wildman–Crippen MR) is 89.8 cm³/mol. The Bertz CT molecular complexity index is 346. The van der Waals surface area contributed by atoms with Crippen LogP contribution in [0, 0.1) is 11.8 Å². The third kappa shape index (κ3) is 9.63. The van der Waals surface area contributed by atoms with Gasteiger partial charge in [0.15, 0.2) is 0 Å². The van der Waals surface area contributed by atoms with Gasteiger partial charge >= 0.3 is 12.3 Å². The third-order valence-electron chi connectivity index (χ3n) is 3.93. The van der Waals surface area contributed by atoms with Gasteiger partial charge < -0.3 is 18.9 Å². The molecule has 0 amide bonds. The first-order valence-electron chi connectivity index (χ1n) is 9.03. The van der Waals surface area contributed by atoms with Crippen molar-refractivity contribution in [3.63, 3.8) is 0 Å². The SMILES string of the molecule is CC(C)CCOC(=O)OC1CCCC(OC(=O)OCCC(C)C)C1. The first-order chi connectivity index (χ1) is 11.4. The summed E-state index contributed by atoms with van der Waals surface area (Å²) in [4.78, 5) is 23.3. The molecule has 6 heteroatoms. The van der Waals surface area contributed by atoms with Gasteiger partial charge in [0, 0.05) is 6.42 Å². The van der Waals surface area contributed by atoms with E-state index in [4.69, 9.17) is 18.9 Å². The van der Waals surface area contributed by atoms with Crippen LogP contribution >= 0.6 is 0 Å². The summed E-state index contributed by atoms with van der Waals surface area (Å²) in [7, 11) is 0. The van der Waals surface area contributed by atoms with E-state index in [0.29, 0.717) is 31.5 Å². The maximum Gasteiger partial charge on any atom is 0.508 e. The smallest absolute Gasteiger partial charge is 0.434 e. The number of rotatable bonds is 8. The Hall–Kier alpha value is -1.46. The molecule has 1 aliphatic carbocycles. The second kappa shape index (κ2) is 11.2. The molecule has 0 radical (unpaired) electrons. The highest BCUT2D eigenvalue weighted by Gasteiger charge is 2.28. The monoisotopic (exact) mass is 344 g/mol. The highest BCUT2D eigenvalue weighted by Crippen LogP contribution is 2.24. The number of ether oxygens (including phenoxy) is 4. The molecule has 6 nitrogen and oxygen atoms in total. The summed E-state index contributed by atoms with van der Waals surface area (Å²) in [6.45, 7) is 9.00. The molecule has 24 heavy (non-hydrogen) atoms. The lowest BCUT2D eigenvalue weighted by atomic mass is 9.95. The number of carbonyl (C=O) groups is 2. The molecule has 0 aromatic rings. The summed E-state index contributed by atoms with van der Waals surface area (Å²) < 4.78 is 20.7. The second-order valence-electron chi connectivity index (χ2n) is 7.21. The van der Waals surface area contributed by atoms with Gasteiger partial charge in [-0.1, -0.05) is 27.7 Å². The van der Waals surface area contributed by atoms with Crippen molar-refractivity contribution in [1.82, 2.24) is 0 Å². The average Bonchev–Trinajstić information content (AvgIpc) is 2.46. The van der Waals surface area contributed by atoms with Crippen molar-refractivity contribution in [3.05, 3.63) is 0 Å². The average molecular weight is 344 g/mol. The predicted octanol–water partition coefficient (Wildman–Crippen LogP) is 4.70. The normalized spacial score (nSPS) is 20.8. The van der Waals surface area contributed by atoms with E-state index in [2.05, 4.69) is 27.7 Å². The van der Waals surface area contributed by atoms with E-state index in [1.807, 2.05) is 0 Å². The number of carbonyl (C=O) groups excluding carboxylic acids is 2. The Morgan fingerprint density at radius 3 is 1.62 bits per heavy atom. The van der Waals surface area contributed by atoms with Crippen molar-refractivity contribution < 1.29 is 28.5 Å². The van der Waals surface area contributed by atoms with Crippen LogP contribution in [0.2, 0.25) is 0 Å². The van der Waals surface area contributed by atoms with Crippen LogP contribution in [0.15, 0.2) is 0 Å². The van der Waals surface area contributed by atoms with E-state index in [1.165, 1.54) is 0 Å². The lowest BCUT2D eigenvalue weighted by molar-refractivity contribution is -0.0356. The van der Waals surface area contributed by atoms with E-state index in [1.54, 1.807) is 0 Å². The Balaban J connectivity index is 2.23. The van der Waals surface area contributed by atoms with Crippen molar-refractivity contribution in [3.8, 4) is 0 Å². The van der Waals surface area contributed by atoms with E-state index in [9.17, 15) is 9.59 Å². The molecular weight excluding hydrogens is 312 g/mol. The summed E-state index contributed by atoms with van der Waals surface area (Å²) in [6, 6.07) is 0. The van der Waals surface area contributed by atoms with Crippen molar-refractivity contribution in [2.45, 2.75) is 78.4 Å². The standard InChI is InChI=1S/C18H32O6/c1-13(2)8-10-21-17(19)23-15-6-5-7-16(12-15)24-18(20)22-11-9-14(3)4/h13-16H,5-12H2,1-4H3. The van der Waals surface area contributed by atoms with Gasteiger partial charge in [-0.2, -0.15) is 0 Å². The molecule has 1 fully saturated rings. The Morgan fingerprint density at radius 2 is 1.25 bits per heavy atom. The zero-order chi connectivity index (χ0) is 17.9. The maximum atomic E-state index is 11.6. The quantitative estimate of drug-likeness (QED) is 0.595. The Kier molecular flexibility index (Phi) is 9.57. The lowest BCUT2D eigenvalue weighted by Crippen LogP contribution is -2.32. The lowest BCUT2D eigenvalue weighted by Gasteiger charge is -2.28. The fraction of sp³-hybridized carbons (Fsp3) is 0.889. The van der Waals surface area contributed by atoms with Gasteiger partial charge in [-0.05, 0) is 43.9 Å². The van der Waals surface area contributed by atoms with Crippen LogP contribution in [0.25, 0.3) is 0 Å². The summed E-state index contributed by atoms with van der Waals surface area (Å²) in [6.07, 6.45) is 2.69. The molecule has 2 atom stereocenters. The fourth-order valence-electron chi connectivity index (χ4n) is 2.41. The van der Waals surface area contributed by atoms with Crippen LogP contribution in [0.4, 0.5) is 9.59 Å². The number of hydrogen-bond acceptors (Lipinski definition) is 6. The molecule has 0 N–H and O–H groups in total. The van der Waals surface area contributed by atoms with Crippen molar-refractivity contribution in [1.29, 1.82) is 0 Å². The van der Waals surface area contributed by atoms with Gasteiger partial charge in [0.2, 0.25) is 0 Å². The van der Waals surface area contributed by atoms with E-state index in [-0.39, 0.29) is 12.2 Å². The Morgan fingerprint density at radius 1 is 0.833 bits per heavy atom. The van der Waals surface area contributed by atoms with Crippen molar-refractivity contribution in [2.75, 3.05) is 13.2 Å². The zero-order valence-electron chi connectivity index (χ0n) is 15.4. The number of hydrogen-bond donors (Lipinski definition) is 0. The molecule has 2 unspecified atom stereocenters. The van der Waals surface area contributed by atoms with Gasteiger partial charge in [0.1, 0.15) is 12.2 Å². The van der Waals surface area contributed by atoms with Gasteiger partial charge in [0.25, 0.3) is 0 Å². The maximum absolute atomic E-state index is 11.6. The summed E-state index contributed by atoms with van der Waals surface area (Å²) >= 11 is 0. The van der Waals surface area contributed by atoms with Crippen LogP contribution in [0.3, 0.4) is 0 Å². The van der Waals surface area contributed by atoms with Gasteiger partial charge in [0.05, 0.1) is 13.2 Å². The molecule has 0 aromatic heterocycles. The molecule has 140 valence electrons. The van der Waals surface area contributed by atoms with Crippen LogP contribution in [-0.4, -0.2) is 37.7 Å². The Labute approximate surface area is 145 Å². The largest absolute Gasteiger partial charge is 0.508 e. The minimum absolute atomic E-state index is 0.265. The molecule has 0 heterocycles. The minimum Gasteiger partial charge on any atom is -0.434 e. The van der Waals surface area contributed by atoms with Gasteiger partial charge in [-0.25, -0.2) is 9.59 Å². The zero-order valence-corrected chi connectivity index (χ0v) is 15.4. The highest BCUT2D eigenvalue weighted by molar-refractivity contribution is 5.60. The van der Waals surface area contributed by atoms with Gasteiger partial charge in [-0.15, -0.1) is 0 Å². The fourth-order valence-corrected chi connectivity index (χ4v) is 2.41. The third-order valence-corrected chi connectivity index (χ3v) is 3.93. The topological polar surface area (TPSA) is 71.1 Å². The molecule has 1 rings (SSSR count). The van der Waals surface area contributed by atoms with Crippen molar-refractivity contribution >= 4 is 12.3 Å². The summed E-state index contributed by atoms with van der Waals surface area (Å²) in [5.74, 6) is 0.957. The van der Waals surface area contributed by atoms with Crippen LogP contribution in [0.5, 0.6) is 0 Å². The molecule has 1 saturated carbocycles. The van der Waals surface area contributed by atoms with Crippen LogP contribution < -0.4 is 0 Å². The molecule has 1 aliphatic rings. The highest BCUT2D eigenvalue weighted by atomic mass is 16.7. The molecule has 0 spiro atoms. The van der Waals surface area contributed by atoms with E-state index < -0.39 is 12.3 Å². The second-order valence-corrected chi connectivity index (χ2v) is 7.21. The van der Waals surface area contributed by atoms with Crippen molar-refractivity contribution in [2.24, 2.45) is 11.8 Å². The van der Waals surface area contributed by atoms with Gasteiger partial charge in [-0.3, -0.25) is 0 Å². The van der Waals surface area contributed by atoms with E-state index >= 15 is 0 Å². The molecule has 0 aliphatic heterocycles. The molecular formula is C18H32O6. The molecule has 0 saturated heterocycles. The first kappa shape index (κ1) is 20.6. The van der Waals surface area contributed by atoms with Crippen LogP contribution in [-0.2, 0) is 18.9 Å². The van der Waals surface area contributed by atoms with E-state index in [0.717, 1.165) is 32.1 Å². The summed E-state index contributed by atoms with van der Waals surface area (Å²) in [5, 5.41) is 0. The molecule has 0 aromatic carbocycles. The molecule has 0 bridgehead atoms.